The first kappa shape index (κ1) is 28.9. The van der Waals surface area contributed by atoms with E-state index in [0.29, 0.717) is 11.8 Å². The van der Waals surface area contributed by atoms with Crippen LogP contribution in [0.5, 0.6) is 0 Å². The van der Waals surface area contributed by atoms with Crippen molar-refractivity contribution in [3.8, 4) is 39.3 Å². The maximum Gasteiger partial charge on any atom is 0.0774 e. The fourth-order valence-corrected chi connectivity index (χ4v) is 5.99. The maximum atomic E-state index is 6.04. The average Bonchev–Trinajstić information content (AvgIpc) is 3.62. The van der Waals surface area contributed by atoms with E-state index in [1.54, 1.807) is 0 Å². The van der Waals surface area contributed by atoms with Gasteiger partial charge in [-0.15, -0.1) is 0 Å². The second-order valence-corrected chi connectivity index (χ2v) is 11.6. The Morgan fingerprint density at radius 3 is 1.84 bits per heavy atom. The van der Waals surface area contributed by atoms with Crippen LogP contribution >= 0.6 is 0 Å². The molecule has 0 N–H and O–H groups in total. The molecule has 0 bridgehead atoms. The minimum absolute atomic E-state index is 0. The second kappa shape index (κ2) is 11.8. The molecule has 2 heterocycles. The van der Waals surface area contributed by atoms with Crippen molar-refractivity contribution in [2.24, 2.45) is 0 Å². The molecule has 1 radical (unpaired) electrons. The molecule has 0 aliphatic heterocycles. The van der Waals surface area contributed by atoms with Gasteiger partial charge in [-0.25, -0.2) is 0 Å². The zero-order valence-corrected chi connectivity index (χ0v) is 27.2. The zero-order chi connectivity index (χ0) is 28.8. The molecule has 0 amide bonds. The van der Waals surface area contributed by atoms with E-state index >= 15 is 0 Å². The molecule has 215 valence electrons. The Morgan fingerprint density at radius 1 is 0.628 bits per heavy atom. The first-order chi connectivity index (χ1) is 20.5. The summed E-state index contributed by atoms with van der Waals surface area (Å²) in [7, 11) is 0. The molecule has 4 heteroatoms. The van der Waals surface area contributed by atoms with Gasteiger partial charge < -0.3 is 8.98 Å². The van der Waals surface area contributed by atoms with Gasteiger partial charge in [0, 0.05) is 37.6 Å². The van der Waals surface area contributed by atoms with Crippen LogP contribution in [0, 0.1) is 6.26 Å². The third kappa shape index (κ3) is 5.16. The van der Waals surface area contributed by atoms with Crippen molar-refractivity contribution in [2.75, 3.05) is 0 Å². The van der Waals surface area contributed by atoms with Crippen molar-refractivity contribution in [1.29, 1.82) is 0 Å². The summed E-state index contributed by atoms with van der Waals surface area (Å²) >= 11 is 0. The van der Waals surface area contributed by atoms with Crippen LogP contribution < -0.4 is 0 Å². The van der Waals surface area contributed by atoms with Gasteiger partial charge in [-0.1, -0.05) is 130 Å². The predicted octanol–water partition coefficient (Wildman–Crippen LogP) is 10.8. The Labute approximate surface area is 266 Å². The van der Waals surface area contributed by atoms with E-state index in [-0.39, 0.29) is 20.1 Å². The Kier molecular flexibility index (Phi) is 7.92. The molecule has 5 aromatic carbocycles. The van der Waals surface area contributed by atoms with Gasteiger partial charge in [0.15, 0.2) is 0 Å². The number of para-hydroxylation sites is 2. The van der Waals surface area contributed by atoms with E-state index in [9.17, 15) is 0 Å². The molecule has 7 rings (SSSR count). The van der Waals surface area contributed by atoms with Crippen molar-refractivity contribution in [2.45, 2.75) is 39.5 Å². The number of imidazole rings is 1. The van der Waals surface area contributed by atoms with Crippen molar-refractivity contribution in [1.82, 2.24) is 9.55 Å². The Hall–Kier alpha value is -4.24. The molecule has 0 saturated carbocycles. The van der Waals surface area contributed by atoms with Gasteiger partial charge in [0.2, 0.25) is 0 Å². The molecule has 0 saturated heterocycles. The normalized spacial score (nSPS) is 11.5. The van der Waals surface area contributed by atoms with Gasteiger partial charge in [0.1, 0.15) is 0 Å². The van der Waals surface area contributed by atoms with E-state index in [0.717, 1.165) is 39.0 Å². The van der Waals surface area contributed by atoms with Crippen molar-refractivity contribution in [3.63, 3.8) is 0 Å². The minimum atomic E-state index is 0. The third-order valence-corrected chi connectivity index (χ3v) is 8.15. The Bertz CT molecular complexity index is 2010. The number of aromatic nitrogens is 2. The SMILES string of the molecule is CC(C)c1cc(-c2ccccc2)cc(C(C)C)c1-n1c(-c2[c-]oc3ccc(-c4ccccc4)cc23)nc2ccccc21.[Ir]. The van der Waals surface area contributed by atoms with Gasteiger partial charge in [0.05, 0.1) is 16.9 Å². The number of furan rings is 1. The van der Waals surface area contributed by atoms with E-state index in [4.69, 9.17) is 9.40 Å². The summed E-state index contributed by atoms with van der Waals surface area (Å²) in [4.78, 5) is 5.24. The maximum absolute atomic E-state index is 6.04. The number of nitrogens with zero attached hydrogens (tertiary/aromatic N) is 2. The van der Waals surface area contributed by atoms with Crippen LogP contribution in [0.4, 0.5) is 0 Å². The molecular weight excluding hydrogens is 705 g/mol. The number of rotatable bonds is 6. The molecule has 2 aromatic heterocycles. The number of benzene rings is 5. The van der Waals surface area contributed by atoms with Crippen LogP contribution in [0.2, 0.25) is 0 Å². The van der Waals surface area contributed by atoms with Crippen molar-refractivity contribution in [3.05, 3.63) is 133 Å². The smallest absolute Gasteiger partial charge is 0.0774 e. The first-order valence-electron chi connectivity index (χ1n) is 14.7. The predicted molar refractivity (Wildman–Crippen MR) is 174 cm³/mol. The third-order valence-electron chi connectivity index (χ3n) is 8.15. The molecule has 0 aliphatic carbocycles. The minimum Gasteiger partial charge on any atom is -0.557 e. The summed E-state index contributed by atoms with van der Waals surface area (Å²) in [6.45, 7) is 9.12. The molecule has 0 unspecified atom stereocenters. The molecule has 0 atom stereocenters. The fraction of sp³-hybridized carbons (Fsp3) is 0.154. The van der Waals surface area contributed by atoms with E-state index in [1.165, 1.54) is 33.5 Å². The topological polar surface area (TPSA) is 31.0 Å². The molecule has 0 aliphatic rings. The first-order valence-corrected chi connectivity index (χ1v) is 14.7. The summed E-state index contributed by atoms with van der Waals surface area (Å²) in [5.74, 6) is 1.44. The van der Waals surface area contributed by atoms with Gasteiger partial charge >= 0.3 is 0 Å². The van der Waals surface area contributed by atoms with Gasteiger partial charge in [-0.05, 0) is 69.5 Å². The van der Waals surface area contributed by atoms with E-state index in [2.05, 4.69) is 142 Å². The molecule has 7 aromatic rings. The second-order valence-electron chi connectivity index (χ2n) is 11.6. The van der Waals surface area contributed by atoms with Crippen LogP contribution in [0.3, 0.4) is 0 Å². The molecular formula is C39H33IrN2O-. The summed E-state index contributed by atoms with van der Waals surface area (Å²) in [5.41, 5.74) is 12.3. The van der Waals surface area contributed by atoms with E-state index < -0.39 is 0 Å². The largest absolute Gasteiger partial charge is 0.557 e. The average molecular weight is 738 g/mol. The fourth-order valence-electron chi connectivity index (χ4n) is 5.99. The number of hydrogen-bond donors (Lipinski definition) is 0. The van der Waals surface area contributed by atoms with Crippen LogP contribution in [-0.4, -0.2) is 9.55 Å². The Morgan fingerprint density at radius 2 is 1.21 bits per heavy atom. The summed E-state index contributed by atoms with van der Waals surface area (Å²) in [6, 6.07) is 40.6. The monoisotopic (exact) mass is 738 g/mol. The van der Waals surface area contributed by atoms with E-state index in [1.807, 2.05) is 12.1 Å². The van der Waals surface area contributed by atoms with Crippen LogP contribution in [0.25, 0.3) is 61.3 Å². The van der Waals surface area contributed by atoms with Crippen molar-refractivity contribution >= 4 is 22.0 Å². The van der Waals surface area contributed by atoms with Gasteiger partial charge in [-0.2, -0.15) is 0 Å². The molecule has 43 heavy (non-hydrogen) atoms. The zero-order valence-electron chi connectivity index (χ0n) is 24.8. The molecule has 0 spiro atoms. The van der Waals surface area contributed by atoms with Gasteiger partial charge in [-0.3, -0.25) is 4.98 Å². The summed E-state index contributed by atoms with van der Waals surface area (Å²) < 4.78 is 8.39. The Balaban J connectivity index is 0.00000329. The molecule has 3 nitrogen and oxygen atoms in total. The van der Waals surface area contributed by atoms with Crippen LogP contribution in [0.15, 0.2) is 120 Å². The summed E-state index contributed by atoms with van der Waals surface area (Å²) in [6.07, 6.45) is 3.26. The van der Waals surface area contributed by atoms with Crippen molar-refractivity contribution < 1.29 is 24.5 Å². The molecule has 0 fully saturated rings. The van der Waals surface area contributed by atoms with Gasteiger partial charge in [0.25, 0.3) is 0 Å². The summed E-state index contributed by atoms with van der Waals surface area (Å²) in [5, 5.41) is 1.01. The quantitative estimate of drug-likeness (QED) is 0.159. The number of fused-ring (bicyclic) bond motifs is 2. The number of hydrogen-bond acceptors (Lipinski definition) is 2. The van der Waals surface area contributed by atoms with Crippen LogP contribution in [-0.2, 0) is 20.1 Å². The van der Waals surface area contributed by atoms with Crippen LogP contribution in [0.1, 0.15) is 50.7 Å². The standard InChI is InChI=1S/C39H33N2O.Ir/c1-25(2)31-22-30(28-15-9-6-10-16-28)23-32(26(3)4)38(31)41-36-18-12-11-17-35(36)40-39(41)34-24-42-37-20-19-29(21-33(34)37)27-13-7-5-8-14-27;/h5-23,25-26H,1-4H3;/q-1;.